The Morgan fingerprint density at radius 2 is 2.10 bits per heavy atom. The van der Waals surface area contributed by atoms with E-state index in [-0.39, 0.29) is 1.43 Å². The molecule has 0 amide bonds. The largest absolute Gasteiger partial charge is 0.312 e. The normalized spacial score (nSPS) is 24.3. The summed E-state index contributed by atoms with van der Waals surface area (Å²) >= 11 is 0. The van der Waals surface area contributed by atoms with Crippen LogP contribution in [-0.2, 0) is 0 Å². The fourth-order valence-electron chi connectivity index (χ4n) is 1.59. The first-order valence-corrected chi connectivity index (χ1v) is 4.17. The van der Waals surface area contributed by atoms with Crippen LogP contribution < -0.4 is 5.32 Å². The summed E-state index contributed by atoms with van der Waals surface area (Å²) in [6.07, 6.45) is 1.25. The minimum Gasteiger partial charge on any atom is -0.312 e. The van der Waals surface area contributed by atoms with E-state index >= 15 is 0 Å². The quantitative estimate of drug-likeness (QED) is 0.634. The zero-order valence-corrected chi connectivity index (χ0v) is 7.28. The molecule has 0 bridgehead atoms. The third-order valence-electron chi connectivity index (χ3n) is 2.71. The molecule has 1 aliphatic rings. The Bertz CT molecular complexity index is 105. The zero-order valence-electron chi connectivity index (χ0n) is 7.28. The van der Waals surface area contributed by atoms with Gasteiger partial charge in [-0.15, -0.1) is 0 Å². The molecule has 1 aliphatic heterocycles. The van der Waals surface area contributed by atoms with E-state index in [2.05, 4.69) is 31.1 Å². The highest BCUT2D eigenvalue weighted by Gasteiger charge is 2.38. The second-order valence-electron chi connectivity index (χ2n) is 3.19. The highest BCUT2D eigenvalue weighted by molar-refractivity contribution is 5.00. The Hall–Kier alpha value is -0.0800. The molecule has 0 radical (unpaired) electrons. The van der Waals surface area contributed by atoms with Crippen molar-refractivity contribution in [3.8, 4) is 0 Å². The number of rotatable bonds is 3. The molecule has 0 saturated carbocycles. The molecule has 1 heterocycles. The fraction of sp³-hybridized carbons (Fsp3) is 1.00. The Kier molecular flexibility index (Phi) is 2.32. The summed E-state index contributed by atoms with van der Waals surface area (Å²) in [5.74, 6) is 0. The van der Waals surface area contributed by atoms with Crippen LogP contribution in [0.4, 0.5) is 0 Å². The van der Waals surface area contributed by atoms with Crippen LogP contribution in [0.15, 0.2) is 0 Å². The van der Waals surface area contributed by atoms with Gasteiger partial charge in [0.25, 0.3) is 0 Å². The van der Waals surface area contributed by atoms with Crippen LogP contribution in [0.25, 0.3) is 0 Å². The lowest BCUT2D eigenvalue weighted by atomic mass is 9.87. The van der Waals surface area contributed by atoms with Gasteiger partial charge in [0, 0.05) is 20.1 Å². The number of nitrogens with one attached hydrogen (secondary N) is 1. The molecule has 1 rings (SSSR count). The summed E-state index contributed by atoms with van der Waals surface area (Å²) < 4.78 is 0. The lowest BCUT2D eigenvalue weighted by Gasteiger charge is -2.49. The van der Waals surface area contributed by atoms with Crippen molar-refractivity contribution in [1.29, 1.82) is 0 Å². The van der Waals surface area contributed by atoms with E-state index in [0.717, 1.165) is 0 Å². The third kappa shape index (κ3) is 1.18. The molecule has 0 aromatic rings. The second kappa shape index (κ2) is 2.89. The molecular formula is C8H20N2. The molecule has 10 heavy (non-hydrogen) atoms. The van der Waals surface area contributed by atoms with Gasteiger partial charge in [0.1, 0.15) is 0 Å². The van der Waals surface area contributed by atoms with E-state index in [4.69, 9.17) is 0 Å². The molecule has 2 heteroatoms. The van der Waals surface area contributed by atoms with E-state index < -0.39 is 0 Å². The topological polar surface area (TPSA) is 15.3 Å². The monoisotopic (exact) mass is 144 g/mol. The van der Waals surface area contributed by atoms with Crippen molar-refractivity contribution in [1.82, 2.24) is 10.2 Å². The lowest BCUT2D eigenvalue weighted by Crippen LogP contribution is -2.67. The van der Waals surface area contributed by atoms with E-state index in [1.54, 1.807) is 0 Å². The molecule has 62 valence electrons. The molecule has 0 spiro atoms. The van der Waals surface area contributed by atoms with Crippen LogP contribution in [0.2, 0.25) is 0 Å². The first kappa shape index (κ1) is 8.02. The van der Waals surface area contributed by atoms with Gasteiger partial charge in [0.05, 0.1) is 0 Å². The standard InChI is InChI=1S/C8H18N2.H2/c1-4-8(9-3)6-10(5-2)7-8;/h9H,4-7H2,1-3H3;1H. The van der Waals surface area contributed by atoms with Crippen molar-refractivity contribution in [2.75, 3.05) is 26.7 Å². The summed E-state index contributed by atoms with van der Waals surface area (Å²) in [5, 5.41) is 3.39. The molecule has 1 fully saturated rings. The molecule has 1 saturated heterocycles. The predicted octanol–water partition coefficient (Wildman–Crippen LogP) is 0.936. The van der Waals surface area contributed by atoms with E-state index in [1.807, 2.05) is 0 Å². The summed E-state index contributed by atoms with van der Waals surface area (Å²) in [6, 6.07) is 0. The van der Waals surface area contributed by atoms with Crippen molar-refractivity contribution in [3.05, 3.63) is 0 Å². The lowest BCUT2D eigenvalue weighted by molar-refractivity contribution is 0.0491. The average Bonchev–Trinajstić information content (AvgIpc) is 1.89. The molecule has 0 aromatic carbocycles. The predicted molar refractivity (Wildman–Crippen MR) is 46.3 cm³/mol. The molecule has 0 unspecified atom stereocenters. The van der Waals surface area contributed by atoms with Gasteiger partial charge in [-0.05, 0) is 20.0 Å². The van der Waals surface area contributed by atoms with Crippen LogP contribution >= 0.6 is 0 Å². The maximum Gasteiger partial charge on any atom is 0.0432 e. The SMILES string of the molecule is CCN1CC(CC)(NC)C1.[HH]. The molecule has 0 aromatic heterocycles. The summed E-state index contributed by atoms with van der Waals surface area (Å²) in [6.45, 7) is 8.13. The molecule has 1 N–H and O–H groups in total. The number of likely N-dealkylation sites (tertiary alicyclic amines) is 1. The van der Waals surface area contributed by atoms with Crippen molar-refractivity contribution in [2.24, 2.45) is 0 Å². The van der Waals surface area contributed by atoms with Crippen molar-refractivity contribution >= 4 is 0 Å². The van der Waals surface area contributed by atoms with Crippen LogP contribution in [0.1, 0.15) is 21.7 Å². The minimum atomic E-state index is 0. The Morgan fingerprint density at radius 1 is 1.50 bits per heavy atom. The maximum atomic E-state index is 3.39. The molecule has 0 aliphatic carbocycles. The van der Waals surface area contributed by atoms with E-state index in [0.29, 0.717) is 5.54 Å². The highest BCUT2D eigenvalue weighted by Crippen LogP contribution is 2.22. The number of likely N-dealkylation sites (N-methyl/N-ethyl adjacent to an activating group) is 2. The molecule has 2 nitrogen and oxygen atoms in total. The van der Waals surface area contributed by atoms with Gasteiger partial charge in [-0.1, -0.05) is 13.8 Å². The second-order valence-corrected chi connectivity index (χ2v) is 3.19. The van der Waals surface area contributed by atoms with Crippen molar-refractivity contribution in [2.45, 2.75) is 25.8 Å². The van der Waals surface area contributed by atoms with Gasteiger partial charge in [-0.2, -0.15) is 0 Å². The van der Waals surface area contributed by atoms with Gasteiger partial charge >= 0.3 is 0 Å². The van der Waals surface area contributed by atoms with Crippen LogP contribution in [-0.4, -0.2) is 37.1 Å². The average molecular weight is 144 g/mol. The third-order valence-corrected chi connectivity index (χ3v) is 2.71. The van der Waals surface area contributed by atoms with Gasteiger partial charge in [-0.3, -0.25) is 4.90 Å². The molecule has 0 atom stereocenters. The summed E-state index contributed by atoms with van der Waals surface area (Å²) in [4.78, 5) is 2.46. The van der Waals surface area contributed by atoms with Crippen LogP contribution in [0, 0.1) is 0 Å². The summed E-state index contributed by atoms with van der Waals surface area (Å²) in [5.41, 5.74) is 0.454. The number of nitrogens with zero attached hydrogens (tertiary/aromatic N) is 1. The first-order valence-electron chi connectivity index (χ1n) is 4.17. The van der Waals surface area contributed by atoms with E-state index in [1.165, 1.54) is 26.1 Å². The Labute approximate surface area is 65.1 Å². The fourth-order valence-corrected chi connectivity index (χ4v) is 1.59. The smallest absolute Gasteiger partial charge is 0.0432 e. The molecular weight excluding hydrogens is 124 g/mol. The van der Waals surface area contributed by atoms with Gasteiger partial charge in [0.15, 0.2) is 0 Å². The van der Waals surface area contributed by atoms with Crippen molar-refractivity contribution in [3.63, 3.8) is 0 Å². The zero-order chi connectivity index (χ0) is 7.61. The van der Waals surface area contributed by atoms with Crippen LogP contribution in [0.5, 0.6) is 0 Å². The minimum absolute atomic E-state index is 0. The Morgan fingerprint density at radius 3 is 2.40 bits per heavy atom. The van der Waals surface area contributed by atoms with Gasteiger partial charge < -0.3 is 5.32 Å². The number of hydrogen-bond donors (Lipinski definition) is 1. The van der Waals surface area contributed by atoms with Crippen molar-refractivity contribution < 1.29 is 1.43 Å². The highest BCUT2D eigenvalue weighted by atomic mass is 15.3. The first-order chi connectivity index (χ1) is 4.76. The summed E-state index contributed by atoms with van der Waals surface area (Å²) in [7, 11) is 2.07. The number of hydrogen-bond acceptors (Lipinski definition) is 2. The Balaban J connectivity index is 0.000001000. The van der Waals surface area contributed by atoms with Crippen LogP contribution in [0.3, 0.4) is 0 Å². The van der Waals surface area contributed by atoms with E-state index in [9.17, 15) is 0 Å². The van der Waals surface area contributed by atoms with Gasteiger partial charge in [-0.25, -0.2) is 0 Å². The maximum absolute atomic E-state index is 3.39. The van der Waals surface area contributed by atoms with Gasteiger partial charge in [0.2, 0.25) is 0 Å².